The molecule has 1 N–H and O–H groups in total. The average Bonchev–Trinajstić information content (AvgIpc) is 3.08. The van der Waals surface area contributed by atoms with Crippen LogP contribution in [0.4, 0.5) is 16.4 Å². The summed E-state index contributed by atoms with van der Waals surface area (Å²) in [4.78, 5) is 33.2. The van der Waals surface area contributed by atoms with E-state index < -0.39 is 15.8 Å². The van der Waals surface area contributed by atoms with Gasteiger partial charge in [0.15, 0.2) is 0 Å². The lowest BCUT2D eigenvalue weighted by molar-refractivity contribution is -0.384. The molecule has 0 atom stereocenters. The Morgan fingerprint density at radius 3 is 2.62 bits per heavy atom. The van der Waals surface area contributed by atoms with Gasteiger partial charge in [-0.15, -0.1) is 0 Å². The Morgan fingerprint density at radius 2 is 2.00 bits per heavy atom. The minimum Gasteiger partial charge on any atom is -0.493 e. The van der Waals surface area contributed by atoms with Gasteiger partial charge in [-0.25, -0.2) is 0 Å². The molecule has 2 rings (SSSR count). The van der Waals surface area contributed by atoms with Gasteiger partial charge in [-0.2, -0.15) is 0 Å². The highest BCUT2D eigenvalue weighted by Gasteiger charge is 2.17. The van der Waals surface area contributed by atoms with Crippen molar-refractivity contribution >= 4 is 39.7 Å². The predicted octanol–water partition coefficient (Wildman–Crippen LogP) is 4.01. The van der Waals surface area contributed by atoms with E-state index in [-0.39, 0.29) is 16.4 Å². The van der Waals surface area contributed by atoms with E-state index in [0.717, 1.165) is 23.8 Å². The summed E-state index contributed by atoms with van der Waals surface area (Å²) in [6.45, 7) is 2.34. The van der Waals surface area contributed by atoms with Gasteiger partial charge in [-0.3, -0.25) is 25.0 Å². The average molecular weight is 377 g/mol. The number of nitro benzene ring substituents is 1. The third-order valence-electron chi connectivity index (χ3n) is 3.09. The van der Waals surface area contributed by atoms with Gasteiger partial charge in [-0.1, -0.05) is 18.3 Å². The first-order chi connectivity index (χ1) is 12.4. The Balaban J connectivity index is 2.10. The third-order valence-corrected chi connectivity index (χ3v) is 4.09. The number of nitrogens with one attached hydrogen (secondary N) is 1. The zero-order valence-electron chi connectivity index (χ0n) is 13.7. The van der Waals surface area contributed by atoms with Gasteiger partial charge in [0.05, 0.1) is 22.5 Å². The van der Waals surface area contributed by atoms with Crippen LogP contribution in [0.15, 0.2) is 36.4 Å². The molecule has 1 aromatic heterocycles. The molecule has 0 unspecified atom stereocenters. The number of hydrogen-bond acceptors (Lipinski definition) is 7. The van der Waals surface area contributed by atoms with Crippen LogP contribution in [0.3, 0.4) is 0 Å². The maximum absolute atomic E-state index is 12.0. The summed E-state index contributed by atoms with van der Waals surface area (Å²) in [5.41, 5.74) is -0.252. The van der Waals surface area contributed by atoms with E-state index in [1.165, 1.54) is 36.4 Å². The maximum atomic E-state index is 12.0. The van der Waals surface area contributed by atoms with E-state index in [0.29, 0.717) is 17.2 Å². The van der Waals surface area contributed by atoms with Crippen molar-refractivity contribution in [3.8, 4) is 5.75 Å². The molecule has 26 heavy (non-hydrogen) atoms. The fourth-order valence-electron chi connectivity index (χ4n) is 1.94. The molecule has 0 aliphatic carbocycles. The number of carbonyl (C=O) groups excluding carboxylic acids is 1. The molecule has 10 heteroatoms. The summed E-state index contributed by atoms with van der Waals surface area (Å²) in [5.74, 6) is -0.246. The number of hydrogen-bond donors (Lipinski definition) is 1. The predicted molar refractivity (Wildman–Crippen MR) is 97.5 cm³/mol. The summed E-state index contributed by atoms with van der Waals surface area (Å²) in [6, 6.07) is 7.02. The second-order valence-electron chi connectivity index (χ2n) is 5.04. The molecule has 2 aromatic rings. The Morgan fingerprint density at radius 1 is 1.23 bits per heavy atom. The Hall–Kier alpha value is -3.27. The van der Waals surface area contributed by atoms with E-state index >= 15 is 0 Å². The van der Waals surface area contributed by atoms with E-state index in [4.69, 9.17) is 4.74 Å². The van der Waals surface area contributed by atoms with Crippen molar-refractivity contribution in [2.45, 2.75) is 13.3 Å². The Labute approximate surface area is 152 Å². The summed E-state index contributed by atoms with van der Waals surface area (Å²) >= 11 is 0.916. The van der Waals surface area contributed by atoms with Crippen molar-refractivity contribution < 1.29 is 19.4 Å². The summed E-state index contributed by atoms with van der Waals surface area (Å²) in [6.07, 6.45) is 3.32. The first kappa shape index (κ1) is 19.1. The van der Waals surface area contributed by atoms with Crippen LogP contribution >= 0.6 is 11.3 Å². The molecule has 0 saturated carbocycles. The summed E-state index contributed by atoms with van der Waals surface area (Å²) < 4.78 is 5.35. The number of carbonyl (C=O) groups is 1. The number of ether oxygens (including phenoxy) is 1. The molecule has 1 heterocycles. The van der Waals surface area contributed by atoms with Crippen LogP contribution in [0.5, 0.6) is 5.75 Å². The molecule has 1 aromatic carbocycles. The van der Waals surface area contributed by atoms with Crippen LogP contribution in [0.25, 0.3) is 6.08 Å². The van der Waals surface area contributed by atoms with E-state index in [1.54, 1.807) is 0 Å². The van der Waals surface area contributed by atoms with Crippen molar-refractivity contribution in [3.05, 3.63) is 61.5 Å². The molecule has 1 amide bonds. The molecular weight excluding hydrogens is 362 g/mol. The molecule has 0 spiro atoms. The topological polar surface area (TPSA) is 125 Å². The molecule has 9 nitrogen and oxygen atoms in total. The van der Waals surface area contributed by atoms with Crippen LogP contribution in [-0.4, -0.2) is 22.4 Å². The molecule has 0 fully saturated rings. The number of amides is 1. The number of nitrogens with zero attached hydrogens (tertiary/aromatic N) is 2. The standard InChI is InChI=1S/C16H15N3O6S/c1-2-9-25-11-3-6-13(14(10-11)18(21)22)17-15(20)7-4-12-5-8-16(26-12)19(23)24/h3-8,10H,2,9H2,1H3,(H,17,20)/b7-4+. The maximum Gasteiger partial charge on any atom is 0.324 e. The Kier molecular flexibility index (Phi) is 6.39. The number of anilines is 1. The van der Waals surface area contributed by atoms with Crippen molar-refractivity contribution in [2.24, 2.45) is 0 Å². The van der Waals surface area contributed by atoms with Crippen LogP contribution in [0, 0.1) is 20.2 Å². The number of thiophene rings is 1. The smallest absolute Gasteiger partial charge is 0.324 e. The van der Waals surface area contributed by atoms with Crippen LogP contribution in [0.2, 0.25) is 0 Å². The second kappa shape index (κ2) is 8.72. The fourth-order valence-corrected chi connectivity index (χ4v) is 2.66. The van der Waals surface area contributed by atoms with Gasteiger partial charge < -0.3 is 10.1 Å². The van der Waals surface area contributed by atoms with Gasteiger partial charge in [0.1, 0.15) is 11.4 Å². The largest absolute Gasteiger partial charge is 0.493 e. The van der Waals surface area contributed by atoms with Crippen molar-refractivity contribution in [3.63, 3.8) is 0 Å². The fraction of sp³-hybridized carbons (Fsp3) is 0.188. The van der Waals surface area contributed by atoms with Crippen LogP contribution < -0.4 is 10.1 Å². The quantitative estimate of drug-likeness (QED) is 0.421. The molecule has 0 aliphatic heterocycles. The van der Waals surface area contributed by atoms with E-state index in [9.17, 15) is 25.0 Å². The second-order valence-corrected chi connectivity index (χ2v) is 6.13. The van der Waals surface area contributed by atoms with Gasteiger partial charge in [-0.05, 0) is 30.7 Å². The van der Waals surface area contributed by atoms with Crippen molar-refractivity contribution in [1.82, 2.24) is 0 Å². The van der Waals surface area contributed by atoms with Crippen molar-refractivity contribution in [2.75, 3.05) is 11.9 Å². The first-order valence-corrected chi connectivity index (χ1v) is 8.37. The Bertz CT molecular complexity index is 861. The van der Waals surface area contributed by atoms with E-state index in [1.807, 2.05) is 6.92 Å². The van der Waals surface area contributed by atoms with Crippen molar-refractivity contribution in [1.29, 1.82) is 0 Å². The monoisotopic (exact) mass is 377 g/mol. The third kappa shape index (κ3) is 5.11. The molecule has 0 radical (unpaired) electrons. The molecule has 136 valence electrons. The summed E-state index contributed by atoms with van der Waals surface area (Å²) in [7, 11) is 0. The SMILES string of the molecule is CCCOc1ccc(NC(=O)/C=C/c2ccc([N+](=O)[O-])s2)c([N+](=O)[O-])c1. The number of rotatable bonds is 8. The van der Waals surface area contributed by atoms with Gasteiger partial charge in [0.25, 0.3) is 5.69 Å². The molecule has 0 bridgehead atoms. The number of nitro groups is 2. The highest BCUT2D eigenvalue weighted by atomic mass is 32.1. The highest BCUT2D eigenvalue weighted by molar-refractivity contribution is 7.16. The number of benzene rings is 1. The first-order valence-electron chi connectivity index (χ1n) is 7.55. The lowest BCUT2D eigenvalue weighted by Crippen LogP contribution is -2.09. The lowest BCUT2D eigenvalue weighted by Gasteiger charge is -2.07. The van der Waals surface area contributed by atoms with Gasteiger partial charge >= 0.3 is 5.00 Å². The lowest BCUT2D eigenvalue weighted by atomic mass is 10.2. The zero-order valence-corrected chi connectivity index (χ0v) is 14.5. The minimum atomic E-state index is -0.610. The minimum absolute atomic E-state index is 0.0330. The normalized spacial score (nSPS) is 10.7. The van der Waals surface area contributed by atoms with Gasteiger partial charge in [0, 0.05) is 17.0 Å². The molecular formula is C16H15N3O6S. The molecule has 0 aliphatic rings. The zero-order chi connectivity index (χ0) is 19.1. The summed E-state index contributed by atoms with van der Waals surface area (Å²) in [5, 5.41) is 24.2. The van der Waals surface area contributed by atoms with E-state index in [2.05, 4.69) is 5.32 Å². The van der Waals surface area contributed by atoms with Crippen LogP contribution in [-0.2, 0) is 4.79 Å². The van der Waals surface area contributed by atoms with Gasteiger partial charge in [0.2, 0.25) is 5.91 Å². The van der Waals surface area contributed by atoms with Crippen LogP contribution in [0.1, 0.15) is 18.2 Å². The highest BCUT2D eigenvalue weighted by Crippen LogP contribution is 2.29. The molecule has 0 saturated heterocycles.